The van der Waals surface area contributed by atoms with Gasteiger partial charge in [0.05, 0.1) is 11.5 Å². The number of hydrogen-bond acceptors (Lipinski definition) is 3. The molecule has 1 aromatic carbocycles. The summed E-state index contributed by atoms with van der Waals surface area (Å²) >= 11 is 0. The third-order valence-corrected chi connectivity index (χ3v) is 3.46. The van der Waals surface area contributed by atoms with Gasteiger partial charge in [0.25, 0.3) is 0 Å². The molecule has 0 fully saturated rings. The normalized spacial score (nSPS) is 26.1. The van der Waals surface area contributed by atoms with Crippen molar-refractivity contribution in [1.82, 2.24) is 0 Å². The van der Waals surface area contributed by atoms with Crippen LogP contribution in [0.2, 0.25) is 0 Å². The molecule has 0 bridgehead atoms. The average Bonchev–Trinajstić information content (AvgIpc) is 2.26. The molecule has 2 rings (SSSR count). The summed E-state index contributed by atoms with van der Waals surface area (Å²) in [5.74, 6) is -0.831. The molecular formula is C16H18O3. The highest BCUT2D eigenvalue weighted by Gasteiger charge is 2.37. The number of aliphatic hydroxyl groups is 2. The third-order valence-electron chi connectivity index (χ3n) is 3.46. The van der Waals surface area contributed by atoms with Crippen LogP contribution in [0.25, 0.3) is 0 Å². The van der Waals surface area contributed by atoms with Gasteiger partial charge in [-0.15, -0.1) is 0 Å². The third kappa shape index (κ3) is 2.61. The zero-order valence-electron chi connectivity index (χ0n) is 11.3. The first-order valence-electron chi connectivity index (χ1n) is 6.25. The fourth-order valence-corrected chi connectivity index (χ4v) is 2.44. The fraction of sp³-hybridized carbons (Fsp3) is 0.312. The zero-order valence-corrected chi connectivity index (χ0v) is 11.3. The van der Waals surface area contributed by atoms with Crippen molar-refractivity contribution in [1.29, 1.82) is 0 Å². The molecule has 3 heteroatoms. The number of benzene rings is 1. The lowest BCUT2D eigenvalue weighted by Crippen LogP contribution is -2.38. The van der Waals surface area contributed by atoms with Gasteiger partial charge in [-0.2, -0.15) is 0 Å². The van der Waals surface area contributed by atoms with E-state index in [1.54, 1.807) is 12.1 Å². The fourth-order valence-electron chi connectivity index (χ4n) is 2.44. The Morgan fingerprint density at radius 2 is 2.00 bits per heavy atom. The molecule has 100 valence electrons. The van der Waals surface area contributed by atoms with Crippen molar-refractivity contribution in [3.63, 3.8) is 0 Å². The molecule has 19 heavy (non-hydrogen) atoms. The molecule has 2 unspecified atom stereocenters. The predicted octanol–water partition coefficient (Wildman–Crippen LogP) is 2.87. The van der Waals surface area contributed by atoms with Gasteiger partial charge in [0.2, 0.25) is 0 Å². The van der Waals surface area contributed by atoms with Crippen LogP contribution in [0.15, 0.2) is 42.2 Å². The summed E-state index contributed by atoms with van der Waals surface area (Å²) in [5.41, 5.74) is 1.23. The van der Waals surface area contributed by atoms with Gasteiger partial charge in [0.1, 0.15) is 5.76 Å². The Morgan fingerprint density at radius 1 is 1.32 bits per heavy atom. The van der Waals surface area contributed by atoms with Crippen molar-refractivity contribution in [2.75, 3.05) is 0 Å². The Balaban J connectivity index is 2.38. The van der Waals surface area contributed by atoms with Crippen molar-refractivity contribution in [3.8, 4) is 0 Å². The maximum absolute atomic E-state index is 12.5. The number of aryl methyl sites for hydroxylation is 2. The van der Waals surface area contributed by atoms with Gasteiger partial charge in [-0.3, -0.25) is 4.79 Å². The van der Waals surface area contributed by atoms with Crippen LogP contribution >= 0.6 is 0 Å². The SMILES string of the molecule is Cc1ccc(C(=O)C2C=CC(O)=CC2(C)O)c(C)c1. The predicted molar refractivity (Wildman–Crippen MR) is 74.2 cm³/mol. The average molecular weight is 258 g/mol. The van der Waals surface area contributed by atoms with Gasteiger partial charge in [0, 0.05) is 5.56 Å². The van der Waals surface area contributed by atoms with Gasteiger partial charge < -0.3 is 10.2 Å². The summed E-state index contributed by atoms with van der Waals surface area (Å²) < 4.78 is 0. The minimum Gasteiger partial charge on any atom is -0.508 e. The molecule has 0 heterocycles. The monoisotopic (exact) mass is 258 g/mol. The number of Topliss-reactive ketones (excluding diaryl/α,β-unsaturated/α-hetero) is 1. The Bertz CT molecular complexity index is 580. The van der Waals surface area contributed by atoms with E-state index in [1.807, 2.05) is 26.0 Å². The first-order valence-corrected chi connectivity index (χ1v) is 6.25. The molecule has 0 radical (unpaired) electrons. The highest BCUT2D eigenvalue weighted by Crippen LogP contribution is 2.30. The molecule has 0 spiro atoms. The Hall–Kier alpha value is -1.87. The van der Waals surface area contributed by atoms with Crippen LogP contribution in [0.4, 0.5) is 0 Å². The summed E-state index contributed by atoms with van der Waals surface area (Å²) in [5, 5.41) is 19.7. The number of carbonyl (C=O) groups is 1. The second-order valence-corrected chi connectivity index (χ2v) is 5.31. The second-order valence-electron chi connectivity index (χ2n) is 5.31. The van der Waals surface area contributed by atoms with Gasteiger partial charge in [-0.1, -0.05) is 29.8 Å². The molecule has 1 aliphatic rings. The van der Waals surface area contributed by atoms with Gasteiger partial charge in [0.15, 0.2) is 5.78 Å². The Kier molecular flexibility index (Phi) is 3.33. The largest absolute Gasteiger partial charge is 0.508 e. The summed E-state index contributed by atoms with van der Waals surface area (Å²) in [6.45, 7) is 5.38. The second kappa shape index (κ2) is 4.67. The minimum atomic E-state index is -1.37. The van der Waals surface area contributed by atoms with Crippen molar-refractivity contribution in [3.05, 3.63) is 58.9 Å². The van der Waals surface area contributed by atoms with E-state index in [-0.39, 0.29) is 11.5 Å². The van der Waals surface area contributed by atoms with E-state index in [0.29, 0.717) is 5.56 Å². The maximum atomic E-state index is 12.5. The molecule has 0 saturated heterocycles. The van der Waals surface area contributed by atoms with Crippen molar-refractivity contribution >= 4 is 5.78 Å². The topological polar surface area (TPSA) is 57.5 Å². The number of allylic oxidation sites excluding steroid dienone is 1. The standard InChI is InChI=1S/C16H18O3/c1-10-4-6-13(11(2)8-10)15(18)14-7-5-12(17)9-16(14,3)19/h4-9,14,17,19H,1-3H3. The zero-order chi connectivity index (χ0) is 14.2. The van der Waals surface area contributed by atoms with Crippen LogP contribution in [0, 0.1) is 19.8 Å². The van der Waals surface area contributed by atoms with Crippen molar-refractivity contribution < 1.29 is 15.0 Å². The molecule has 0 amide bonds. The number of rotatable bonds is 2. The highest BCUT2D eigenvalue weighted by atomic mass is 16.3. The highest BCUT2D eigenvalue weighted by molar-refractivity contribution is 6.01. The van der Waals surface area contributed by atoms with E-state index in [4.69, 9.17) is 0 Å². The molecule has 0 aromatic heterocycles. The first kappa shape index (κ1) is 13.6. The van der Waals surface area contributed by atoms with E-state index in [2.05, 4.69) is 0 Å². The van der Waals surface area contributed by atoms with Crippen LogP contribution in [0.1, 0.15) is 28.4 Å². The summed E-state index contributed by atoms with van der Waals surface area (Å²) in [4.78, 5) is 12.5. The van der Waals surface area contributed by atoms with E-state index >= 15 is 0 Å². The Labute approximate surface area is 112 Å². The van der Waals surface area contributed by atoms with Gasteiger partial charge in [-0.05, 0) is 38.5 Å². The molecule has 3 nitrogen and oxygen atoms in total. The number of ketones is 1. The molecule has 0 saturated carbocycles. The lowest BCUT2D eigenvalue weighted by atomic mass is 9.79. The van der Waals surface area contributed by atoms with Crippen LogP contribution < -0.4 is 0 Å². The minimum absolute atomic E-state index is 0.0188. The molecule has 0 aliphatic heterocycles. The van der Waals surface area contributed by atoms with Crippen molar-refractivity contribution in [2.45, 2.75) is 26.4 Å². The van der Waals surface area contributed by atoms with Gasteiger partial charge in [-0.25, -0.2) is 0 Å². The quantitative estimate of drug-likeness (QED) is 0.802. The van der Waals surface area contributed by atoms with Gasteiger partial charge >= 0.3 is 0 Å². The summed E-state index contributed by atoms with van der Waals surface area (Å²) in [6.07, 6.45) is 4.31. The van der Waals surface area contributed by atoms with E-state index in [1.165, 1.54) is 19.1 Å². The lowest BCUT2D eigenvalue weighted by Gasteiger charge is -2.29. The van der Waals surface area contributed by atoms with Crippen LogP contribution in [0.3, 0.4) is 0 Å². The van der Waals surface area contributed by atoms with E-state index in [9.17, 15) is 15.0 Å². The number of aliphatic hydroxyl groups excluding tert-OH is 1. The molecule has 2 N–H and O–H groups in total. The lowest BCUT2D eigenvalue weighted by molar-refractivity contribution is 0.0498. The van der Waals surface area contributed by atoms with Crippen LogP contribution in [-0.2, 0) is 0 Å². The van der Waals surface area contributed by atoms with Crippen LogP contribution in [0.5, 0.6) is 0 Å². The molecule has 2 atom stereocenters. The first-order chi connectivity index (χ1) is 8.81. The van der Waals surface area contributed by atoms with Crippen LogP contribution in [-0.4, -0.2) is 21.6 Å². The maximum Gasteiger partial charge on any atom is 0.173 e. The molecule has 1 aromatic rings. The summed E-state index contributed by atoms with van der Waals surface area (Å²) in [6, 6.07) is 5.62. The number of carbonyl (C=O) groups excluding carboxylic acids is 1. The number of hydrogen-bond donors (Lipinski definition) is 2. The molecule has 1 aliphatic carbocycles. The smallest absolute Gasteiger partial charge is 0.173 e. The van der Waals surface area contributed by atoms with Crippen molar-refractivity contribution in [2.24, 2.45) is 5.92 Å². The molecular weight excluding hydrogens is 240 g/mol. The van der Waals surface area contributed by atoms with E-state index < -0.39 is 11.5 Å². The van der Waals surface area contributed by atoms with E-state index in [0.717, 1.165) is 11.1 Å². The Morgan fingerprint density at radius 3 is 2.58 bits per heavy atom. The summed E-state index contributed by atoms with van der Waals surface area (Å²) in [7, 11) is 0.